The summed E-state index contributed by atoms with van der Waals surface area (Å²) in [6, 6.07) is 87.8. The number of hydrogen-bond donors (Lipinski definition) is 0. The summed E-state index contributed by atoms with van der Waals surface area (Å²) in [4.78, 5) is 2.47. The van der Waals surface area contributed by atoms with Crippen molar-refractivity contribution in [1.29, 1.82) is 0 Å². The fraction of sp³-hybridized carbons (Fsp3) is 0.0645. The molecule has 10 aromatic carbocycles. The summed E-state index contributed by atoms with van der Waals surface area (Å²) < 4.78 is 0. The van der Waals surface area contributed by atoms with Crippen LogP contribution in [-0.2, 0) is 10.8 Å². The first-order chi connectivity index (χ1) is 31.0. The van der Waals surface area contributed by atoms with E-state index in [-0.39, 0.29) is 5.41 Å². The summed E-state index contributed by atoms with van der Waals surface area (Å²) >= 11 is 0. The molecule has 0 fully saturated rings. The maximum Gasteiger partial charge on any atom is 0.0714 e. The van der Waals surface area contributed by atoms with Gasteiger partial charge < -0.3 is 4.90 Å². The molecule has 0 spiro atoms. The summed E-state index contributed by atoms with van der Waals surface area (Å²) in [5.41, 5.74) is 20.7. The number of anilines is 3. The molecule has 0 heterocycles. The first-order valence-electron chi connectivity index (χ1n) is 22.1. The van der Waals surface area contributed by atoms with Gasteiger partial charge >= 0.3 is 0 Å². The summed E-state index contributed by atoms with van der Waals surface area (Å²) in [6.45, 7) is 4.71. The van der Waals surface area contributed by atoms with Crippen molar-refractivity contribution in [1.82, 2.24) is 0 Å². The van der Waals surface area contributed by atoms with Gasteiger partial charge in [-0.15, -0.1) is 0 Å². The van der Waals surface area contributed by atoms with Crippen molar-refractivity contribution in [2.24, 2.45) is 0 Å². The Morgan fingerprint density at radius 3 is 1.48 bits per heavy atom. The normalized spacial score (nSPS) is 13.8. The molecule has 2 aliphatic carbocycles. The number of benzene rings is 10. The van der Waals surface area contributed by atoms with Crippen LogP contribution in [-0.4, -0.2) is 0 Å². The predicted molar refractivity (Wildman–Crippen MR) is 264 cm³/mol. The molecular formula is C62H45N. The first kappa shape index (κ1) is 37.1. The van der Waals surface area contributed by atoms with Crippen LogP contribution in [0.3, 0.4) is 0 Å². The third-order valence-corrected chi connectivity index (χ3v) is 14.0. The van der Waals surface area contributed by atoms with Crippen LogP contribution in [0.2, 0.25) is 0 Å². The number of rotatable bonds is 7. The highest BCUT2D eigenvalue weighted by Gasteiger charge is 2.47. The van der Waals surface area contributed by atoms with E-state index in [1.807, 2.05) is 0 Å². The Morgan fingerprint density at radius 1 is 0.317 bits per heavy atom. The average molecular weight is 804 g/mol. The van der Waals surface area contributed by atoms with E-state index in [1.165, 1.54) is 88.7 Å². The van der Waals surface area contributed by atoms with Crippen LogP contribution < -0.4 is 4.90 Å². The maximum atomic E-state index is 2.47. The van der Waals surface area contributed by atoms with Crippen molar-refractivity contribution in [2.75, 3.05) is 4.90 Å². The molecule has 0 bridgehead atoms. The van der Waals surface area contributed by atoms with Crippen LogP contribution in [0.15, 0.2) is 237 Å². The van der Waals surface area contributed by atoms with Gasteiger partial charge in [-0.05, 0) is 126 Å². The molecule has 0 atom stereocenters. The van der Waals surface area contributed by atoms with E-state index in [0.717, 1.165) is 17.1 Å². The summed E-state index contributed by atoms with van der Waals surface area (Å²) in [5, 5.41) is 2.50. The first-order valence-corrected chi connectivity index (χ1v) is 22.1. The minimum Gasteiger partial charge on any atom is -0.310 e. The largest absolute Gasteiger partial charge is 0.310 e. The van der Waals surface area contributed by atoms with Crippen LogP contribution in [0.4, 0.5) is 17.1 Å². The number of hydrogen-bond acceptors (Lipinski definition) is 1. The van der Waals surface area contributed by atoms with Gasteiger partial charge in [0.1, 0.15) is 0 Å². The molecule has 0 aliphatic heterocycles. The second-order valence-corrected chi connectivity index (χ2v) is 17.6. The van der Waals surface area contributed by atoms with E-state index in [4.69, 9.17) is 0 Å². The topological polar surface area (TPSA) is 3.24 Å². The lowest BCUT2D eigenvalue weighted by atomic mass is 9.68. The SMILES string of the molecule is CC1(C)c2ccccc2-c2ccc(-c3ccc(N(c4ccc(-c5ccc6ccccc6c5)cc4)c4cccc5c4-c4ccccc4C5(c4ccccc4)c4ccccc4)cc3)cc21. The molecule has 0 aromatic heterocycles. The second kappa shape index (κ2) is 14.4. The molecule has 0 saturated carbocycles. The van der Waals surface area contributed by atoms with E-state index in [0.29, 0.717) is 0 Å². The van der Waals surface area contributed by atoms with Gasteiger partial charge in [-0.25, -0.2) is 0 Å². The summed E-state index contributed by atoms with van der Waals surface area (Å²) in [6.07, 6.45) is 0. The van der Waals surface area contributed by atoms with Crippen LogP contribution >= 0.6 is 0 Å². The third kappa shape index (κ3) is 5.70. The van der Waals surface area contributed by atoms with Gasteiger partial charge in [-0.2, -0.15) is 0 Å². The lowest BCUT2D eigenvalue weighted by molar-refractivity contribution is 0.660. The molecule has 12 rings (SSSR count). The van der Waals surface area contributed by atoms with Gasteiger partial charge in [0.2, 0.25) is 0 Å². The molecule has 0 amide bonds. The minimum absolute atomic E-state index is 0.0591. The standard InChI is InChI=1S/C62H45N/c1-61(2)55-24-13-11-22-52(55)53-39-34-47(41-58(53)61)44-32-37-51(38-33-44)63(50-35-30-43(31-36-50)46-29-28-42-16-9-10-17-45(42)40-46)59-27-15-26-57-60(59)54-23-12-14-25-56(54)62(57,48-18-5-3-6-19-48)49-20-7-4-8-21-49/h3-41H,1-2H3. The number of fused-ring (bicyclic) bond motifs is 7. The second-order valence-electron chi connectivity index (χ2n) is 17.6. The van der Waals surface area contributed by atoms with Gasteiger partial charge in [-0.1, -0.05) is 208 Å². The molecule has 0 radical (unpaired) electrons. The predicted octanol–water partition coefficient (Wildman–Crippen LogP) is 16.3. The molecule has 63 heavy (non-hydrogen) atoms. The Labute approximate surface area is 370 Å². The monoisotopic (exact) mass is 803 g/mol. The van der Waals surface area contributed by atoms with Gasteiger partial charge in [0.25, 0.3) is 0 Å². The molecule has 0 unspecified atom stereocenters. The summed E-state index contributed by atoms with van der Waals surface area (Å²) in [7, 11) is 0. The fourth-order valence-corrected chi connectivity index (χ4v) is 10.9. The Hall–Kier alpha value is -7.74. The van der Waals surface area contributed by atoms with Crippen LogP contribution in [0, 0.1) is 0 Å². The van der Waals surface area contributed by atoms with E-state index < -0.39 is 5.41 Å². The lowest BCUT2D eigenvalue weighted by Crippen LogP contribution is -2.28. The van der Waals surface area contributed by atoms with E-state index >= 15 is 0 Å². The zero-order valence-corrected chi connectivity index (χ0v) is 35.5. The molecule has 2 aliphatic rings. The molecule has 0 N–H and O–H groups in total. The van der Waals surface area contributed by atoms with Gasteiger partial charge in [0, 0.05) is 22.4 Å². The Bertz CT molecular complexity index is 3300. The van der Waals surface area contributed by atoms with Gasteiger partial charge in [-0.3, -0.25) is 0 Å². The number of nitrogens with zero attached hydrogens (tertiary/aromatic N) is 1. The molecule has 298 valence electrons. The Balaban J connectivity index is 1.03. The molecule has 10 aromatic rings. The highest BCUT2D eigenvalue weighted by molar-refractivity contribution is 5.98. The highest BCUT2D eigenvalue weighted by Crippen LogP contribution is 2.59. The zero-order valence-electron chi connectivity index (χ0n) is 35.5. The van der Waals surface area contributed by atoms with Crippen molar-refractivity contribution in [3.8, 4) is 44.5 Å². The van der Waals surface area contributed by atoms with Crippen molar-refractivity contribution in [3.63, 3.8) is 0 Å². The Kier molecular flexibility index (Phi) is 8.49. The summed E-state index contributed by atoms with van der Waals surface area (Å²) in [5.74, 6) is 0. The quantitative estimate of drug-likeness (QED) is 0.155. The van der Waals surface area contributed by atoms with Crippen LogP contribution in [0.25, 0.3) is 55.3 Å². The van der Waals surface area contributed by atoms with Crippen LogP contribution in [0.1, 0.15) is 47.2 Å². The Morgan fingerprint density at radius 2 is 0.810 bits per heavy atom. The van der Waals surface area contributed by atoms with Crippen molar-refractivity contribution >= 4 is 27.8 Å². The third-order valence-electron chi connectivity index (χ3n) is 14.0. The molecular weight excluding hydrogens is 759 g/mol. The van der Waals surface area contributed by atoms with Gasteiger partial charge in [0.15, 0.2) is 0 Å². The van der Waals surface area contributed by atoms with Crippen molar-refractivity contribution in [2.45, 2.75) is 24.7 Å². The molecule has 1 heteroatoms. The average Bonchev–Trinajstić information content (AvgIpc) is 3.78. The van der Waals surface area contributed by atoms with E-state index in [1.54, 1.807) is 0 Å². The van der Waals surface area contributed by atoms with Crippen molar-refractivity contribution < 1.29 is 0 Å². The lowest BCUT2D eigenvalue weighted by Gasteiger charge is -2.34. The van der Waals surface area contributed by atoms with E-state index in [9.17, 15) is 0 Å². The minimum atomic E-state index is -0.499. The smallest absolute Gasteiger partial charge is 0.0714 e. The maximum absolute atomic E-state index is 2.47. The molecule has 0 saturated heterocycles. The molecule has 1 nitrogen and oxygen atoms in total. The van der Waals surface area contributed by atoms with Crippen molar-refractivity contribution in [3.05, 3.63) is 270 Å². The fourth-order valence-electron chi connectivity index (χ4n) is 10.9. The van der Waals surface area contributed by atoms with E-state index in [2.05, 4.69) is 255 Å². The zero-order chi connectivity index (χ0) is 42.1. The van der Waals surface area contributed by atoms with Gasteiger partial charge in [0.05, 0.1) is 11.1 Å². The van der Waals surface area contributed by atoms with Crippen LogP contribution in [0.5, 0.6) is 0 Å². The highest BCUT2D eigenvalue weighted by atomic mass is 15.1.